The fourth-order valence-corrected chi connectivity index (χ4v) is 1.63. The zero-order valence-corrected chi connectivity index (χ0v) is 11.0. The lowest BCUT2D eigenvalue weighted by Gasteiger charge is -2.15. The van der Waals surface area contributed by atoms with Gasteiger partial charge in [0.15, 0.2) is 0 Å². The number of aromatic nitrogens is 1. The van der Waals surface area contributed by atoms with Gasteiger partial charge in [-0.3, -0.25) is 9.78 Å². The van der Waals surface area contributed by atoms with E-state index in [1.54, 1.807) is 25.3 Å². The molecule has 0 amide bonds. The summed E-state index contributed by atoms with van der Waals surface area (Å²) in [6.07, 6.45) is 1.63. The Labute approximate surface area is 111 Å². The lowest BCUT2D eigenvalue weighted by Crippen LogP contribution is -2.33. The number of pyridine rings is 1. The first kappa shape index (κ1) is 14.7. The van der Waals surface area contributed by atoms with Crippen LogP contribution in [0, 0.1) is 5.92 Å². The van der Waals surface area contributed by atoms with Crippen molar-refractivity contribution >= 4 is 17.5 Å². The lowest BCUT2D eigenvalue weighted by molar-refractivity contribution is -0.140. The number of esters is 1. The van der Waals surface area contributed by atoms with Crippen LogP contribution in [0.5, 0.6) is 0 Å². The van der Waals surface area contributed by atoms with Crippen molar-refractivity contribution in [2.45, 2.75) is 19.8 Å². The maximum atomic E-state index is 12.1. The van der Waals surface area contributed by atoms with Gasteiger partial charge in [0.2, 0.25) is 0 Å². The Bertz CT molecular complexity index is 521. The second-order valence-corrected chi connectivity index (χ2v) is 4.14. The number of ether oxygens (including phenoxy) is 1. The molecule has 0 N–H and O–H groups in total. The number of Topliss-reactive ketones (excluding diaryl/α,β-unsaturated/α-hetero) is 1. The molecule has 2 atom stereocenters. The van der Waals surface area contributed by atoms with Crippen molar-refractivity contribution in [1.29, 1.82) is 0 Å². The molecule has 0 aliphatic carbocycles. The van der Waals surface area contributed by atoms with Crippen LogP contribution in [-0.4, -0.2) is 34.3 Å². The van der Waals surface area contributed by atoms with Gasteiger partial charge >= 0.3 is 11.7 Å². The first-order chi connectivity index (χ1) is 9.02. The molecule has 1 rings (SSSR count). The maximum absolute atomic E-state index is 12.1. The number of methoxy groups -OCH3 is 1. The first-order valence-corrected chi connectivity index (χ1v) is 5.78. The van der Waals surface area contributed by atoms with E-state index in [2.05, 4.69) is 14.5 Å². The van der Waals surface area contributed by atoms with Gasteiger partial charge in [-0.1, -0.05) is 19.9 Å². The van der Waals surface area contributed by atoms with Crippen LogP contribution in [0.1, 0.15) is 25.5 Å². The van der Waals surface area contributed by atoms with Crippen LogP contribution < -0.4 is 0 Å². The predicted octanol–water partition coefficient (Wildman–Crippen LogP) is 1.23. The highest BCUT2D eigenvalue weighted by atomic mass is 16.5. The predicted molar refractivity (Wildman–Crippen MR) is 67.5 cm³/mol. The monoisotopic (exact) mass is 261 g/mol. The summed E-state index contributed by atoms with van der Waals surface area (Å²) in [5.41, 5.74) is 8.88. The molecule has 0 aliphatic rings. The van der Waals surface area contributed by atoms with E-state index >= 15 is 0 Å². The lowest BCUT2D eigenvalue weighted by atomic mass is 9.87. The molecule has 0 bridgehead atoms. The summed E-state index contributed by atoms with van der Waals surface area (Å²) in [4.78, 5) is 30.3. The number of hydrogen-bond donors (Lipinski definition) is 0. The molecule has 19 heavy (non-hydrogen) atoms. The van der Waals surface area contributed by atoms with Gasteiger partial charge in [0.05, 0.1) is 7.11 Å². The fourth-order valence-electron chi connectivity index (χ4n) is 1.63. The Morgan fingerprint density at radius 3 is 2.53 bits per heavy atom. The van der Waals surface area contributed by atoms with Crippen molar-refractivity contribution in [3.63, 3.8) is 0 Å². The summed E-state index contributed by atoms with van der Waals surface area (Å²) in [5, 5.41) is 0. The van der Waals surface area contributed by atoms with Gasteiger partial charge in [0, 0.05) is 23.7 Å². The molecule has 6 heteroatoms. The van der Waals surface area contributed by atoms with E-state index in [9.17, 15) is 9.59 Å². The SMILES string of the molecule is COC(=O)C(=[N+]=[N-])C(=O)C(C)C(C)c1ccccn1. The Hall–Kier alpha value is -2.33. The molecule has 1 heterocycles. The maximum Gasteiger partial charge on any atom is 0.441 e. The quantitative estimate of drug-likeness (QED) is 0.262. The largest absolute Gasteiger partial charge is 0.460 e. The summed E-state index contributed by atoms with van der Waals surface area (Å²) in [6.45, 7) is 3.47. The van der Waals surface area contributed by atoms with E-state index in [1.165, 1.54) is 0 Å². The highest BCUT2D eigenvalue weighted by Gasteiger charge is 2.37. The number of ketones is 1. The van der Waals surface area contributed by atoms with E-state index in [0.717, 1.165) is 12.8 Å². The first-order valence-electron chi connectivity index (χ1n) is 5.78. The molecule has 1 aromatic heterocycles. The number of carbonyl (C=O) groups excluding carboxylic acids is 2. The molecule has 0 saturated carbocycles. The van der Waals surface area contributed by atoms with Gasteiger partial charge in [-0.15, -0.1) is 0 Å². The van der Waals surface area contributed by atoms with Gasteiger partial charge in [0.1, 0.15) is 0 Å². The molecule has 0 aromatic carbocycles. The van der Waals surface area contributed by atoms with Gasteiger partial charge in [-0.25, -0.2) is 4.79 Å². The van der Waals surface area contributed by atoms with Crippen molar-refractivity contribution in [2.75, 3.05) is 7.11 Å². The summed E-state index contributed by atoms with van der Waals surface area (Å²) in [5.74, 6) is -2.30. The highest BCUT2D eigenvalue weighted by molar-refractivity contribution is 6.62. The number of rotatable bonds is 5. The van der Waals surface area contributed by atoms with Gasteiger partial charge < -0.3 is 10.3 Å². The van der Waals surface area contributed by atoms with Gasteiger partial charge in [-0.05, 0) is 12.1 Å². The molecule has 0 spiro atoms. The number of carbonyl (C=O) groups is 2. The van der Waals surface area contributed by atoms with E-state index in [4.69, 9.17) is 5.53 Å². The van der Waals surface area contributed by atoms with E-state index in [0.29, 0.717) is 0 Å². The van der Waals surface area contributed by atoms with Crippen LogP contribution >= 0.6 is 0 Å². The summed E-state index contributed by atoms with van der Waals surface area (Å²) in [7, 11) is 1.12. The zero-order chi connectivity index (χ0) is 14.4. The minimum absolute atomic E-state index is 0.213. The van der Waals surface area contributed by atoms with E-state index < -0.39 is 23.4 Å². The number of nitrogens with zero attached hydrogens (tertiary/aromatic N) is 3. The molecule has 2 unspecified atom stereocenters. The normalized spacial score (nSPS) is 13.0. The van der Waals surface area contributed by atoms with E-state index in [-0.39, 0.29) is 5.92 Å². The van der Waals surface area contributed by atoms with Gasteiger partial charge in [-0.2, -0.15) is 4.79 Å². The molecule has 6 nitrogen and oxygen atoms in total. The van der Waals surface area contributed by atoms with Crippen molar-refractivity contribution in [3.05, 3.63) is 35.6 Å². The minimum atomic E-state index is -0.951. The van der Waals surface area contributed by atoms with Gasteiger partial charge in [0.25, 0.3) is 5.78 Å². The van der Waals surface area contributed by atoms with Crippen LogP contribution in [0.15, 0.2) is 24.4 Å². The average molecular weight is 261 g/mol. The third-order valence-corrected chi connectivity index (χ3v) is 3.03. The standard InChI is InChI=1S/C13H15N3O3/c1-8(10-6-4-5-7-15-10)9(2)12(17)11(16-14)13(18)19-3/h4-9H,1-3H3. The summed E-state index contributed by atoms with van der Waals surface area (Å²) in [6, 6.07) is 5.39. The highest BCUT2D eigenvalue weighted by Crippen LogP contribution is 2.23. The van der Waals surface area contributed by atoms with Crippen LogP contribution in [0.25, 0.3) is 5.53 Å². The summed E-state index contributed by atoms with van der Waals surface area (Å²) < 4.78 is 4.39. The Kier molecular flexibility index (Phi) is 5.09. The van der Waals surface area contributed by atoms with Crippen LogP contribution in [-0.2, 0) is 14.3 Å². The minimum Gasteiger partial charge on any atom is -0.460 e. The van der Waals surface area contributed by atoms with Crippen molar-refractivity contribution in [2.24, 2.45) is 5.92 Å². The zero-order valence-electron chi connectivity index (χ0n) is 11.0. The number of hydrogen-bond acceptors (Lipinski definition) is 4. The Morgan fingerprint density at radius 2 is 2.05 bits per heavy atom. The molecule has 0 radical (unpaired) electrons. The topological polar surface area (TPSA) is 92.7 Å². The van der Waals surface area contributed by atoms with Crippen molar-refractivity contribution < 1.29 is 19.1 Å². The second-order valence-electron chi connectivity index (χ2n) is 4.14. The molecule has 1 aromatic rings. The fraction of sp³-hybridized carbons (Fsp3) is 0.385. The van der Waals surface area contributed by atoms with Crippen LogP contribution in [0.3, 0.4) is 0 Å². The Balaban J connectivity index is 2.94. The molecule has 0 fully saturated rings. The smallest absolute Gasteiger partial charge is 0.441 e. The average Bonchev–Trinajstić information content (AvgIpc) is 2.46. The van der Waals surface area contributed by atoms with Crippen LogP contribution in [0.2, 0.25) is 0 Å². The van der Waals surface area contributed by atoms with Crippen LogP contribution in [0.4, 0.5) is 0 Å². The molecule has 100 valence electrons. The third kappa shape index (κ3) is 3.33. The molecule has 0 aliphatic heterocycles. The Morgan fingerprint density at radius 1 is 1.37 bits per heavy atom. The molecular formula is C13H15N3O3. The summed E-state index contributed by atoms with van der Waals surface area (Å²) >= 11 is 0. The molecular weight excluding hydrogens is 246 g/mol. The van der Waals surface area contributed by atoms with E-state index in [1.807, 2.05) is 13.0 Å². The second kappa shape index (κ2) is 6.56. The molecule has 0 saturated heterocycles. The van der Waals surface area contributed by atoms with Crippen molar-refractivity contribution in [3.8, 4) is 0 Å². The van der Waals surface area contributed by atoms with Crippen molar-refractivity contribution in [1.82, 2.24) is 4.98 Å². The third-order valence-electron chi connectivity index (χ3n) is 3.03.